The average molecular weight is 433 g/mol. The Labute approximate surface area is 177 Å². The van der Waals surface area contributed by atoms with Crippen LogP contribution in [0.25, 0.3) is 0 Å². The van der Waals surface area contributed by atoms with Crippen LogP contribution in [0.2, 0.25) is 5.02 Å². The van der Waals surface area contributed by atoms with Crippen molar-refractivity contribution in [3.05, 3.63) is 65.2 Å². The van der Waals surface area contributed by atoms with Crippen molar-refractivity contribution < 1.29 is 13.2 Å². The predicted molar refractivity (Wildman–Crippen MR) is 116 cm³/mol. The number of nitrogens with one attached hydrogen (secondary N) is 2. The van der Waals surface area contributed by atoms with Crippen LogP contribution in [0.1, 0.15) is 31.2 Å². The minimum Gasteiger partial charge on any atom is -0.497 e. The minimum absolute atomic E-state index is 0.213. The third-order valence-electron chi connectivity index (χ3n) is 6.17. The van der Waals surface area contributed by atoms with E-state index in [1.165, 1.54) is 12.1 Å². The van der Waals surface area contributed by atoms with Crippen LogP contribution < -0.4 is 14.8 Å². The largest absolute Gasteiger partial charge is 0.497 e. The van der Waals surface area contributed by atoms with Gasteiger partial charge in [0.1, 0.15) is 5.75 Å². The molecule has 2 N–H and O–H groups in total. The van der Waals surface area contributed by atoms with Crippen LogP contribution in [0.3, 0.4) is 0 Å². The Morgan fingerprint density at radius 2 is 2.03 bits per heavy atom. The Kier molecular flexibility index (Phi) is 5.36. The third-order valence-corrected chi connectivity index (χ3v) is 7.90. The van der Waals surface area contributed by atoms with Crippen molar-refractivity contribution in [1.29, 1.82) is 0 Å². The first-order valence-corrected chi connectivity index (χ1v) is 11.6. The molecule has 0 amide bonds. The molecule has 0 radical (unpaired) electrons. The second-order valence-corrected chi connectivity index (χ2v) is 9.88. The van der Waals surface area contributed by atoms with Crippen molar-refractivity contribution in [2.45, 2.75) is 42.0 Å². The molecule has 4 rings (SSSR count). The Hall–Kier alpha value is -2.02. The summed E-state index contributed by atoms with van der Waals surface area (Å²) in [6.07, 6.45) is 3.69. The number of halogens is 1. The quantitative estimate of drug-likeness (QED) is 0.660. The van der Waals surface area contributed by atoms with E-state index in [0.717, 1.165) is 41.8 Å². The standard InChI is InChI=1S/C22H25ClN2O3S/c1-15-4-3-5-21-22(15,19-14-17(28-2)8-11-20(19)25-21)12-13-24-29(26,27)18-9-6-16(23)7-10-18/h6-11,14,21,24-25H,1,3-5,12-13H2,2H3. The molecule has 0 bridgehead atoms. The van der Waals surface area contributed by atoms with E-state index in [2.05, 4.69) is 22.7 Å². The first-order valence-electron chi connectivity index (χ1n) is 9.75. The molecule has 1 heterocycles. The van der Waals surface area contributed by atoms with Crippen molar-refractivity contribution >= 4 is 27.3 Å². The van der Waals surface area contributed by atoms with Gasteiger partial charge in [-0.1, -0.05) is 23.8 Å². The summed E-state index contributed by atoms with van der Waals surface area (Å²) in [6.45, 7) is 4.71. The van der Waals surface area contributed by atoms with Crippen LogP contribution in [0.4, 0.5) is 5.69 Å². The lowest BCUT2D eigenvalue weighted by atomic mass is 9.63. The molecule has 154 valence electrons. The summed E-state index contributed by atoms with van der Waals surface area (Å²) in [7, 11) is -1.94. The topological polar surface area (TPSA) is 67.4 Å². The first-order chi connectivity index (χ1) is 13.9. The SMILES string of the molecule is C=C1CCCC2Nc3ccc(OC)cc3C12CCNS(=O)(=O)c1ccc(Cl)cc1. The maximum Gasteiger partial charge on any atom is 0.240 e. The van der Waals surface area contributed by atoms with E-state index in [0.29, 0.717) is 18.0 Å². The third kappa shape index (κ3) is 3.54. The Balaban J connectivity index is 1.60. The van der Waals surface area contributed by atoms with Crippen LogP contribution in [0, 0.1) is 0 Å². The summed E-state index contributed by atoms with van der Waals surface area (Å²) in [5, 5.41) is 4.14. The van der Waals surface area contributed by atoms with Gasteiger partial charge in [0.2, 0.25) is 10.0 Å². The van der Waals surface area contributed by atoms with Gasteiger partial charge in [-0.25, -0.2) is 13.1 Å². The van der Waals surface area contributed by atoms with E-state index in [1.54, 1.807) is 19.2 Å². The highest BCUT2D eigenvalue weighted by molar-refractivity contribution is 7.89. The highest BCUT2D eigenvalue weighted by atomic mass is 35.5. The van der Waals surface area contributed by atoms with Crippen molar-refractivity contribution in [2.24, 2.45) is 0 Å². The number of methoxy groups -OCH3 is 1. The van der Waals surface area contributed by atoms with E-state index in [9.17, 15) is 8.42 Å². The number of hydrogen-bond acceptors (Lipinski definition) is 4. The molecule has 1 fully saturated rings. The molecule has 29 heavy (non-hydrogen) atoms. The number of anilines is 1. The van der Waals surface area contributed by atoms with E-state index in [-0.39, 0.29) is 16.4 Å². The summed E-state index contributed by atoms with van der Waals surface area (Å²) < 4.78 is 33.6. The lowest BCUT2D eigenvalue weighted by molar-refractivity contribution is 0.342. The summed E-state index contributed by atoms with van der Waals surface area (Å²) in [4.78, 5) is 0.213. The van der Waals surface area contributed by atoms with Crippen LogP contribution in [-0.4, -0.2) is 28.1 Å². The van der Waals surface area contributed by atoms with Gasteiger partial charge < -0.3 is 10.1 Å². The van der Waals surface area contributed by atoms with Gasteiger partial charge in [-0.2, -0.15) is 0 Å². The lowest BCUT2D eigenvalue weighted by Gasteiger charge is -2.42. The van der Waals surface area contributed by atoms with Gasteiger partial charge >= 0.3 is 0 Å². The Bertz CT molecular complexity index is 1040. The normalized spacial score (nSPS) is 23.2. The fraction of sp³-hybridized carbons (Fsp3) is 0.364. The number of rotatable bonds is 6. The van der Waals surface area contributed by atoms with Gasteiger partial charge in [0.25, 0.3) is 0 Å². The number of ether oxygens (including phenoxy) is 1. The van der Waals surface area contributed by atoms with Gasteiger partial charge in [0.15, 0.2) is 0 Å². The molecule has 7 heteroatoms. The van der Waals surface area contributed by atoms with Crippen molar-refractivity contribution in [3.63, 3.8) is 0 Å². The zero-order valence-corrected chi connectivity index (χ0v) is 17.9. The Morgan fingerprint density at radius 1 is 1.28 bits per heavy atom. The smallest absolute Gasteiger partial charge is 0.240 e. The second kappa shape index (κ2) is 7.67. The average Bonchev–Trinajstić information content (AvgIpc) is 3.03. The molecule has 0 saturated heterocycles. The van der Waals surface area contributed by atoms with Gasteiger partial charge in [-0.3, -0.25) is 0 Å². The van der Waals surface area contributed by atoms with E-state index in [4.69, 9.17) is 16.3 Å². The van der Waals surface area contributed by atoms with Crippen molar-refractivity contribution in [2.75, 3.05) is 19.0 Å². The molecule has 2 aromatic rings. The van der Waals surface area contributed by atoms with Gasteiger partial charge in [0.05, 0.1) is 12.0 Å². The van der Waals surface area contributed by atoms with Crippen molar-refractivity contribution in [3.8, 4) is 5.75 Å². The highest BCUT2D eigenvalue weighted by Crippen LogP contribution is 2.53. The van der Waals surface area contributed by atoms with Gasteiger partial charge in [0, 0.05) is 28.7 Å². The zero-order chi connectivity index (χ0) is 20.6. The van der Waals surface area contributed by atoms with Crippen LogP contribution in [0.15, 0.2) is 59.5 Å². The first kappa shape index (κ1) is 20.3. The molecule has 1 aliphatic heterocycles. The fourth-order valence-electron chi connectivity index (χ4n) is 4.71. The summed E-state index contributed by atoms with van der Waals surface area (Å²) in [6, 6.07) is 12.5. The zero-order valence-electron chi connectivity index (χ0n) is 16.4. The van der Waals surface area contributed by atoms with Crippen LogP contribution in [0.5, 0.6) is 5.75 Å². The molecule has 1 saturated carbocycles. The van der Waals surface area contributed by atoms with Crippen LogP contribution >= 0.6 is 11.6 Å². The maximum absolute atomic E-state index is 12.7. The number of benzene rings is 2. The van der Waals surface area contributed by atoms with Gasteiger partial charge in [-0.15, -0.1) is 0 Å². The summed E-state index contributed by atoms with van der Waals surface area (Å²) in [5.41, 5.74) is 3.08. The van der Waals surface area contributed by atoms with Crippen LogP contribution in [-0.2, 0) is 15.4 Å². The molecule has 1 aliphatic carbocycles. The monoisotopic (exact) mass is 432 g/mol. The second-order valence-electron chi connectivity index (χ2n) is 7.68. The lowest BCUT2D eigenvalue weighted by Crippen LogP contribution is -2.45. The minimum atomic E-state index is -3.60. The number of sulfonamides is 1. The molecule has 0 aromatic heterocycles. The molecule has 5 nitrogen and oxygen atoms in total. The van der Waals surface area contributed by atoms with E-state index in [1.807, 2.05) is 12.1 Å². The molecular formula is C22H25ClN2O3S. The molecule has 2 atom stereocenters. The highest BCUT2D eigenvalue weighted by Gasteiger charge is 2.50. The Morgan fingerprint density at radius 3 is 2.76 bits per heavy atom. The summed E-state index contributed by atoms with van der Waals surface area (Å²) in [5.74, 6) is 0.797. The molecule has 0 spiro atoms. The summed E-state index contributed by atoms with van der Waals surface area (Å²) >= 11 is 5.87. The molecule has 2 aliphatic rings. The van der Waals surface area contributed by atoms with E-state index >= 15 is 0 Å². The number of fused-ring (bicyclic) bond motifs is 3. The molecule has 2 unspecified atom stereocenters. The maximum atomic E-state index is 12.7. The van der Waals surface area contributed by atoms with E-state index < -0.39 is 10.0 Å². The van der Waals surface area contributed by atoms with Gasteiger partial charge in [-0.05, 0) is 73.7 Å². The fourth-order valence-corrected chi connectivity index (χ4v) is 5.87. The predicted octanol–water partition coefficient (Wildman–Crippen LogP) is 4.49. The molecular weight excluding hydrogens is 408 g/mol. The number of hydrogen-bond donors (Lipinski definition) is 2. The van der Waals surface area contributed by atoms with Crippen molar-refractivity contribution in [1.82, 2.24) is 4.72 Å². The molecule has 2 aromatic carbocycles.